The molecular weight excluding hydrogens is 411 g/mol. The number of hydrogen-bond acceptors (Lipinski definition) is 2. The Morgan fingerprint density at radius 1 is 0.879 bits per heavy atom. The Labute approximate surface area is 195 Å². The fraction of sp³-hybridized carbons (Fsp3) is 0.345. The lowest BCUT2D eigenvalue weighted by molar-refractivity contribution is 0.0975. The molecule has 5 rings (SSSR count). The van der Waals surface area contributed by atoms with Crippen molar-refractivity contribution in [2.24, 2.45) is 0 Å². The predicted octanol–water partition coefficient (Wildman–Crippen LogP) is 5.95. The number of carbonyl (C=O) groups excluding carboxylic acids is 1. The van der Waals surface area contributed by atoms with Gasteiger partial charge in [0.25, 0.3) is 5.91 Å². The zero-order valence-electron chi connectivity index (χ0n) is 19.7. The highest BCUT2D eigenvalue weighted by molar-refractivity contribution is 6.07. The molecule has 0 atom stereocenters. The van der Waals surface area contributed by atoms with Crippen LogP contribution in [0, 0.1) is 26.6 Å². The Kier molecular flexibility index (Phi) is 5.57. The molecule has 0 radical (unpaired) electrons. The maximum absolute atomic E-state index is 14.3. The summed E-state index contributed by atoms with van der Waals surface area (Å²) < 4.78 is 14.3. The highest BCUT2D eigenvalue weighted by atomic mass is 19.1. The van der Waals surface area contributed by atoms with Crippen molar-refractivity contribution in [1.29, 1.82) is 0 Å². The van der Waals surface area contributed by atoms with Gasteiger partial charge in [-0.25, -0.2) is 4.39 Å². The van der Waals surface area contributed by atoms with Gasteiger partial charge in [0, 0.05) is 29.8 Å². The molecule has 1 fully saturated rings. The van der Waals surface area contributed by atoms with Crippen LogP contribution in [-0.2, 0) is 12.0 Å². The van der Waals surface area contributed by atoms with Gasteiger partial charge >= 0.3 is 0 Å². The lowest BCUT2D eigenvalue weighted by Crippen LogP contribution is -2.45. The average molecular weight is 443 g/mol. The Hall–Kier alpha value is -2.98. The molecular formula is C29H31FN2O. The molecule has 0 bridgehead atoms. The monoisotopic (exact) mass is 442 g/mol. The van der Waals surface area contributed by atoms with Crippen molar-refractivity contribution in [2.45, 2.75) is 45.6 Å². The predicted molar refractivity (Wildman–Crippen MR) is 131 cm³/mol. The molecule has 0 aromatic heterocycles. The SMILES string of the molecule is Cc1ccc(C(=O)N2CC3(CCN(Cc4cc(C)cc(C)c4)CC3)c3cc(F)ccc32)cc1. The van der Waals surface area contributed by atoms with Crippen LogP contribution in [0.15, 0.2) is 60.7 Å². The number of aryl methyl sites for hydroxylation is 3. The number of carbonyl (C=O) groups is 1. The number of hydrogen-bond donors (Lipinski definition) is 0. The van der Waals surface area contributed by atoms with Crippen LogP contribution >= 0.6 is 0 Å². The number of benzene rings is 3. The molecule has 3 aromatic rings. The number of rotatable bonds is 3. The smallest absolute Gasteiger partial charge is 0.258 e. The van der Waals surface area contributed by atoms with E-state index in [1.807, 2.05) is 36.1 Å². The molecule has 0 N–H and O–H groups in total. The number of fused-ring (bicyclic) bond motifs is 2. The second kappa shape index (κ2) is 8.42. The van der Waals surface area contributed by atoms with Gasteiger partial charge in [0.1, 0.15) is 5.82 Å². The second-order valence-electron chi connectivity index (χ2n) is 9.97. The van der Waals surface area contributed by atoms with Gasteiger partial charge in [-0.2, -0.15) is 0 Å². The van der Waals surface area contributed by atoms with Crippen LogP contribution in [-0.4, -0.2) is 30.4 Å². The Morgan fingerprint density at radius 3 is 2.21 bits per heavy atom. The van der Waals surface area contributed by atoms with E-state index in [9.17, 15) is 9.18 Å². The third-order valence-electron chi connectivity index (χ3n) is 7.33. The van der Waals surface area contributed by atoms with Gasteiger partial charge in [-0.3, -0.25) is 9.69 Å². The van der Waals surface area contributed by atoms with E-state index in [1.165, 1.54) is 22.8 Å². The van der Waals surface area contributed by atoms with E-state index in [-0.39, 0.29) is 17.1 Å². The number of piperidine rings is 1. The molecule has 3 nitrogen and oxygen atoms in total. The summed E-state index contributed by atoms with van der Waals surface area (Å²) >= 11 is 0. The Balaban J connectivity index is 1.38. The second-order valence-corrected chi connectivity index (χ2v) is 9.97. The van der Waals surface area contributed by atoms with Gasteiger partial charge in [-0.05, 0) is 88.2 Å². The summed E-state index contributed by atoms with van der Waals surface area (Å²) in [6.07, 6.45) is 1.85. The van der Waals surface area contributed by atoms with Gasteiger partial charge in [-0.15, -0.1) is 0 Å². The molecule has 0 aliphatic carbocycles. The standard InChI is InChI=1S/C29H31FN2O/c1-20-4-6-24(7-5-20)28(33)32-19-29(26-17-25(30)8-9-27(26)32)10-12-31(13-11-29)18-23-15-21(2)14-22(3)16-23/h4-9,14-17H,10-13,18-19H2,1-3H3. The molecule has 170 valence electrons. The third-order valence-corrected chi connectivity index (χ3v) is 7.33. The molecule has 2 heterocycles. The van der Waals surface area contributed by atoms with Crippen LogP contribution in [0.25, 0.3) is 0 Å². The summed E-state index contributed by atoms with van der Waals surface area (Å²) in [5.74, 6) is -0.229. The van der Waals surface area contributed by atoms with Crippen molar-refractivity contribution in [2.75, 3.05) is 24.5 Å². The van der Waals surface area contributed by atoms with Crippen LogP contribution in [0.5, 0.6) is 0 Å². The first-order chi connectivity index (χ1) is 15.8. The Morgan fingerprint density at radius 2 is 1.55 bits per heavy atom. The summed E-state index contributed by atoms with van der Waals surface area (Å²) in [5, 5.41) is 0. The third kappa shape index (κ3) is 4.20. The summed E-state index contributed by atoms with van der Waals surface area (Å²) in [6.45, 7) is 9.74. The van der Waals surface area contributed by atoms with E-state index < -0.39 is 0 Å². The molecule has 4 heteroatoms. The molecule has 33 heavy (non-hydrogen) atoms. The van der Waals surface area contributed by atoms with Gasteiger partial charge < -0.3 is 4.90 Å². The van der Waals surface area contributed by atoms with Crippen molar-refractivity contribution >= 4 is 11.6 Å². The molecule has 0 saturated carbocycles. The summed E-state index contributed by atoms with van der Waals surface area (Å²) in [4.78, 5) is 17.8. The van der Waals surface area contributed by atoms with Crippen molar-refractivity contribution < 1.29 is 9.18 Å². The molecule has 3 aromatic carbocycles. The van der Waals surface area contributed by atoms with Crippen molar-refractivity contribution in [3.05, 3.63) is 99.9 Å². The van der Waals surface area contributed by atoms with Gasteiger partial charge in [-0.1, -0.05) is 47.0 Å². The molecule has 1 amide bonds. The minimum atomic E-state index is -0.226. The molecule has 1 spiro atoms. The van der Waals surface area contributed by atoms with E-state index in [0.717, 1.165) is 49.3 Å². The van der Waals surface area contributed by atoms with Crippen LogP contribution in [0.3, 0.4) is 0 Å². The molecule has 2 aliphatic rings. The minimum absolute atomic E-state index is 0.00241. The first kappa shape index (κ1) is 21.8. The van der Waals surface area contributed by atoms with Gasteiger partial charge in [0.05, 0.1) is 0 Å². The summed E-state index contributed by atoms with van der Waals surface area (Å²) in [5.41, 5.74) is 7.42. The fourth-order valence-corrected chi connectivity index (χ4v) is 5.66. The van der Waals surface area contributed by atoms with E-state index in [1.54, 1.807) is 12.1 Å². The van der Waals surface area contributed by atoms with Crippen molar-refractivity contribution in [3.63, 3.8) is 0 Å². The lowest BCUT2D eigenvalue weighted by atomic mass is 9.74. The zero-order valence-corrected chi connectivity index (χ0v) is 19.7. The maximum Gasteiger partial charge on any atom is 0.258 e. The molecule has 2 aliphatic heterocycles. The quantitative estimate of drug-likeness (QED) is 0.501. The van der Waals surface area contributed by atoms with Gasteiger partial charge in [0.2, 0.25) is 0 Å². The van der Waals surface area contributed by atoms with Crippen LogP contribution < -0.4 is 4.90 Å². The van der Waals surface area contributed by atoms with Gasteiger partial charge in [0.15, 0.2) is 0 Å². The molecule has 0 unspecified atom stereocenters. The zero-order chi connectivity index (χ0) is 23.2. The van der Waals surface area contributed by atoms with E-state index >= 15 is 0 Å². The average Bonchev–Trinajstić information content (AvgIpc) is 3.08. The fourth-order valence-electron chi connectivity index (χ4n) is 5.66. The van der Waals surface area contributed by atoms with Crippen LogP contribution in [0.2, 0.25) is 0 Å². The number of amides is 1. The summed E-state index contributed by atoms with van der Waals surface area (Å²) in [6, 6.07) is 19.4. The molecule has 1 saturated heterocycles. The van der Waals surface area contributed by atoms with Crippen LogP contribution in [0.4, 0.5) is 10.1 Å². The van der Waals surface area contributed by atoms with E-state index in [2.05, 4.69) is 36.9 Å². The largest absolute Gasteiger partial charge is 0.307 e. The highest BCUT2D eigenvalue weighted by Gasteiger charge is 2.46. The number of halogens is 1. The van der Waals surface area contributed by atoms with E-state index in [4.69, 9.17) is 0 Å². The summed E-state index contributed by atoms with van der Waals surface area (Å²) in [7, 11) is 0. The van der Waals surface area contributed by atoms with E-state index in [0.29, 0.717) is 12.1 Å². The lowest BCUT2D eigenvalue weighted by Gasteiger charge is -2.40. The Bertz CT molecular complexity index is 1170. The van der Waals surface area contributed by atoms with Crippen LogP contribution in [0.1, 0.15) is 51.0 Å². The van der Waals surface area contributed by atoms with Crippen molar-refractivity contribution in [1.82, 2.24) is 4.90 Å². The number of nitrogens with zero attached hydrogens (tertiary/aromatic N) is 2. The topological polar surface area (TPSA) is 23.6 Å². The first-order valence-electron chi connectivity index (χ1n) is 11.8. The first-order valence-corrected chi connectivity index (χ1v) is 11.8. The number of likely N-dealkylation sites (tertiary alicyclic amines) is 1. The van der Waals surface area contributed by atoms with Crippen molar-refractivity contribution in [3.8, 4) is 0 Å². The normalized spacial score (nSPS) is 17.4. The highest BCUT2D eigenvalue weighted by Crippen LogP contribution is 2.47. The maximum atomic E-state index is 14.3. The minimum Gasteiger partial charge on any atom is -0.307 e. The number of anilines is 1.